The van der Waals surface area contributed by atoms with E-state index in [2.05, 4.69) is 17.6 Å². The van der Waals surface area contributed by atoms with Gasteiger partial charge in [-0.15, -0.1) is 0 Å². The van der Waals surface area contributed by atoms with Crippen molar-refractivity contribution >= 4 is 5.96 Å². The van der Waals surface area contributed by atoms with E-state index in [1.54, 1.807) is 7.11 Å². The van der Waals surface area contributed by atoms with Gasteiger partial charge in [-0.1, -0.05) is 6.42 Å². The third-order valence-corrected chi connectivity index (χ3v) is 5.77. The maximum absolute atomic E-state index is 10.0. The van der Waals surface area contributed by atoms with Crippen LogP contribution < -0.4 is 20.1 Å². The summed E-state index contributed by atoms with van der Waals surface area (Å²) in [4.78, 5) is 4.75. The Bertz CT molecular complexity index is 644. The predicted octanol–water partition coefficient (Wildman–Crippen LogP) is 3.23. The molecule has 0 radical (unpaired) electrons. The van der Waals surface area contributed by atoms with E-state index in [0.717, 1.165) is 68.2 Å². The average molecular weight is 390 g/mol. The van der Waals surface area contributed by atoms with E-state index in [1.165, 1.54) is 12.8 Å². The molecule has 0 bridgehead atoms. The highest BCUT2D eigenvalue weighted by molar-refractivity contribution is 5.79. The highest BCUT2D eigenvalue weighted by Gasteiger charge is 2.25. The normalized spacial score (nSPS) is 23.0. The number of guanidine groups is 1. The number of ether oxygens (including phenoxy) is 2. The van der Waals surface area contributed by atoms with Crippen molar-refractivity contribution in [1.29, 1.82) is 0 Å². The maximum atomic E-state index is 10.0. The Balaban J connectivity index is 1.66. The van der Waals surface area contributed by atoms with Gasteiger partial charge in [-0.3, -0.25) is 0 Å². The number of aliphatic imine (C=N–C) groups is 1. The Labute approximate surface area is 168 Å². The molecule has 28 heavy (non-hydrogen) atoms. The fourth-order valence-corrected chi connectivity index (χ4v) is 4.08. The standard InChI is InChI=1S/C22H35N3O3/c1-3-23-22(24-14-16-7-6-10-20(16)26)25-15-17-11-12-19(27-2)13-21(17)28-18-8-4-5-9-18/h11-13,16,18,20,26H,3-10,14-15H2,1-2H3,(H2,23,24,25). The molecule has 0 heterocycles. The Kier molecular flexibility index (Phi) is 7.83. The fraction of sp³-hybridized carbons (Fsp3) is 0.682. The summed E-state index contributed by atoms with van der Waals surface area (Å²) in [5.74, 6) is 2.77. The van der Waals surface area contributed by atoms with Crippen molar-refractivity contribution in [3.63, 3.8) is 0 Å². The number of benzene rings is 1. The van der Waals surface area contributed by atoms with Crippen LogP contribution in [0.3, 0.4) is 0 Å². The summed E-state index contributed by atoms with van der Waals surface area (Å²) in [6.07, 6.45) is 7.91. The largest absolute Gasteiger partial charge is 0.497 e. The van der Waals surface area contributed by atoms with E-state index in [9.17, 15) is 5.11 Å². The zero-order valence-electron chi connectivity index (χ0n) is 17.2. The van der Waals surface area contributed by atoms with Gasteiger partial charge < -0.3 is 25.2 Å². The number of nitrogens with one attached hydrogen (secondary N) is 2. The molecule has 2 saturated carbocycles. The van der Waals surface area contributed by atoms with Crippen molar-refractivity contribution < 1.29 is 14.6 Å². The van der Waals surface area contributed by atoms with Crippen molar-refractivity contribution in [3.8, 4) is 11.5 Å². The second-order valence-corrected chi connectivity index (χ2v) is 7.83. The summed E-state index contributed by atoms with van der Waals surface area (Å²) in [7, 11) is 1.68. The fourth-order valence-electron chi connectivity index (χ4n) is 4.08. The zero-order chi connectivity index (χ0) is 19.8. The minimum Gasteiger partial charge on any atom is -0.497 e. The molecule has 2 aliphatic carbocycles. The molecule has 3 rings (SSSR count). The van der Waals surface area contributed by atoms with E-state index in [1.807, 2.05) is 18.2 Å². The van der Waals surface area contributed by atoms with Crippen LogP contribution in [0.25, 0.3) is 0 Å². The maximum Gasteiger partial charge on any atom is 0.191 e. The summed E-state index contributed by atoms with van der Waals surface area (Å²) in [5.41, 5.74) is 1.06. The number of aliphatic hydroxyl groups is 1. The monoisotopic (exact) mass is 389 g/mol. The molecule has 0 spiro atoms. The number of aliphatic hydroxyl groups excluding tert-OH is 1. The lowest BCUT2D eigenvalue weighted by Gasteiger charge is -2.19. The van der Waals surface area contributed by atoms with Crippen LogP contribution in [0.15, 0.2) is 23.2 Å². The SMILES string of the molecule is CCNC(=NCc1ccc(OC)cc1OC1CCCC1)NCC1CCCC1O. The minimum atomic E-state index is -0.191. The number of nitrogens with zero attached hydrogens (tertiary/aromatic N) is 1. The van der Waals surface area contributed by atoms with Crippen LogP contribution in [0, 0.1) is 5.92 Å². The van der Waals surface area contributed by atoms with Crippen molar-refractivity contribution in [2.75, 3.05) is 20.2 Å². The molecule has 0 saturated heterocycles. The second-order valence-electron chi connectivity index (χ2n) is 7.83. The lowest BCUT2D eigenvalue weighted by atomic mass is 10.1. The van der Waals surface area contributed by atoms with Crippen molar-refractivity contribution in [3.05, 3.63) is 23.8 Å². The van der Waals surface area contributed by atoms with Gasteiger partial charge in [0.1, 0.15) is 11.5 Å². The Morgan fingerprint density at radius 1 is 1.14 bits per heavy atom. The van der Waals surface area contributed by atoms with Crippen LogP contribution in [0.4, 0.5) is 0 Å². The summed E-state index contributed by atoms with van der Waals surface area (Å²) >= 11 is 0. The van der Waals surface area contributed by atoms with Crippen molar-refractivity contribution in [1.82, 2.24) is 10.6 Å². The molecule has 156 valence electrons. The molecule has 2 unspecified atom stereocenters. The zero-order valence-corrected chi connectivity index (χ0v) is 17.2. The number of methoxy groups -OCH3 is 1. The van der Waals surface area contributed by atoms with Gasteiger partial charge in [-0.05, 0) is 57.6 Å². The topological polar surface area (TPSA) is 75.1 Å². The first-order valence-electron chi connectivity index (χ1n) is 10.7. The van der Waals surface area contributed by atoms with Gasteiger partial charge in [0.05, 0.1) is 25.9 Å². The third kappa shape index (κ3) is 5.77. The van der Waals surface area contributed by atoms with E-state index in [-0.39, 0.29) is 6.10 Å². The first-order chi connectivity index (χ1) is 13.7. The molecule has 0 amide bonds. The number of rotatable bonds is 8. The summed E-state index contributed by atoms with van der Waals surface area (Å²) in [6, 6.07) is 5.97. The van der Waals surface area contributed by atoms with Gasteiger partial charge >= 0.3 is 0 Å². The quantitative estimate of drug-likeness (QED) is 0.470. The van der Waals surface area contributed by atoms with Gasteiger partial charge in [0.2, 0.25) is 0 Å². The molecular formula is C22H35N3O3. The van der Waals surface area contributed by atoms with Crippen LogP contribution in [0.5, 0.6) is 11.5 Å². The molecule has 2 aliphatic rings. The molecular weight excluding hydrogens is 354 g/mol. The van der Waals surface area contributed by atoms with Crippen LogP contribution in [0.2, 0.25) is 0 Å². The van der Waals surface area contributed by atoms with E-state index < -0.39 is 0 Å². The first kappa shape index (κ1) is 20.8. The molecule has 1 aromatic rings. The Morgan fingerprint density at radius 2 is 1.96 bits per heavy atom. The predicted molar refractivity (Wildman–Crippen MR) is 112 cm³/mol. The molecule has 6 nitrogen and oxygen atoms in total. The summed E-state index contributed by atoms with van der Waals surface area (Å²) < 4.78 is 11.7. The van der Waals surface area contributed by atoms with Crippen molar-refractivity contribution in [2.45, 2.75) is 70.6 Å². The van der Waals surface area contributed by atoms with Crippen LogP contribution in [0.1, 0.15) is 57.4 Å². The van der Waals surface area contributed by atoms with E-state index in [0.29, 0.717) is 18.6 Å². The smallest absolute Gasteiger partial charge is 0.191 e. The van der Waals surface area contributed by atoms with Crippen LogP contribution in [-0.2, 0) is 6.54 Å². The first-order valence-corrected chi connectivity index (χ1v) is 10.7. The Morgan fingerprint density at radius 3 is 2.64 bits per heavy atom. The van der Waals surface area contributed by atoms with Gasteiger partial charge in [0.25, 0.3) is 0 Å². The van der Waals surface area contributed by atoms with Gasteiger partial charge in [-0.2, -0.15) is 0 Å². The Hall–Kier alpha value is -1.95. The summed E-state index contributed by atoms with van der Waals surface area (Å²) in [5, 5.41) is 16.7. The third-order valence-electron chi connectivity index (χ3n) is 5.77. The average Bonchev–Trinajstić information content (AvgIpc) is 3.36. The molecule has 6 heteroatoms. The van der Waals surface area contributed by atoms with Gasteiger partial charge in [0, 0.05) is 30.6 Å². The molecule has 0 aliphatic heterocycles. The number of hydrogen-bond donors (Lipinski definition) is 3. The van der Waals surface area contributed by atoms with E-state index >= 15 is 0 Å². The summed E-state index contributed by atoms with van der Waals surface area (Å²) in [6.45, 7) is 4.15. The van der Waals surface area contributed by atoms with Gasteiger partial charge in [-0.25, -0.2) is 4.99 Å². The van der Waals surface area contributed by atoms with Crippen LogP contribution in [-0.4, -0.2) is 43.5 Å². The number of hydrogen-bond acceptors (Lipinski definition) is 4. The highest BCUT2D eigenvalue weighted by atomic mass is 16.5. The van der Waals surface area contributed by atoms with Crippen LogP contribution >= 0.6 is 0 Å². The van der Waals surface area contributed by atoms with E-state index in [4.69, 9.17) is 14.5 Å². The molecule has 2 atom stereocenters. The van der Waals surface area contributed by atoms with Gasteiger partial charge in [0.15, 0.2) is 5.96 Å². The molecule has 2 fully saturated rings. The molecule has 0 aromatic heterocycles. The molecule has 1 aromatic carbocycles. The lowest BCUT2D eigenvalue weighted by molar-refractivity contribution is 0.134. The molecule has 3 N–H and O–H groups in total. The minimum absolute atomic E-state index is 0.191. The second kappa shape index (κ2) is 10.6. The highest BCUT2D eigenvalue weighted by Crippen LogP contribution is 2.30. The lowest BCUT2D eigenvalue weighted by Crippen LogP contribution is -2.41. The van der Waals surface area contributed by atoms with Crippen molar-refractivity contribution in [2.24, 2.45) is 10.9 Å².